The molecule has 0 aliphatic heterocycles. The van der Waals surface area contributed by atoms with E-state index in [0.717, 1.165) is 36.3 Å². The highest BCUT2D eigenvalue weighted by atomic mass is 16.3. The van der Waals surface area contributed by atoms with Crippen molar-refractivity contribution in [2.24, 2.45) is 17.1 Å². The molecule has 2 unspecified atom stereocenters. The third-order valence-corrected chi connectivity index (χ3v) is 4.46. The van der Waals surface area contributed by atoms with E-state index in [4.69, 9.17) is 10.2 Å². The Morgan fingerprint density at radius 2 is 2.29 bits per heavy atom. The van der Waals surface area contributed by atoms with Gasteiger partial charge in [-0.15, -0.1) is 0 Å². The van der Waals surface area contributed by atoms with Crippen molar-refractivity contribution >= 4 is 5.91 Å². The summed E-state index contributed by atoms with van der Waals surface area (Å²) >= 11 is 0. The minimum absolute atomic E-state index is 0.0592. The molecule has 0 aromatic carbocycles. The molecule has 0 spiro atoms. The predicted octanol–water partition coefficient (Wildman–Crippen LogP) is 3.09. The van der Waals surface area contributed by atoms with Gasteiger partial charge in [-0.25, -0.2) is 0 Å². The summed E-state index contributed by atoms with van der Waals surface area (Å²) in [6.45, 7) is 9.05. The van der Waals surface area contributed by atoms with Gasteiger partial charge in [-0.3, -0.25) is 4.79 Å². The van der Waals surface area contributed by atoms with Crippen molar-refractivity contribution in [3.8, 4) is 0 Å². The number of amides is 1. The van der Waals surface area contributed by atoms with Gasteiger partial charge in [0.15, 0.2) is 0 Å². The zero-order valence-electron chi connectivity index (χ0n) is 13.7. The van der Waals surface area contributed by atoms with Crippen LogP contribution in [0.5, 0.6) is 0 Å². The number of fused-ring (bicyclic) bond motifs is 1. The van der Waals surface area contributed by atoms with Gasteiger partial charge in [0.05, 0.1) is 6.04 Å². The van der Waals surface area contributed by atoms with E-state index >= 15 is 0 Å². The van der Waals surface area contributed by atoms with Crippen LogP contribution in [-0.4, -0.2) is 12.5 Å². The molecule has 2 rings (SSSR count). The quantitative estimate of drug-likeness (QED) is 0.876. The summed E-state index contributed by atoms with van der Waals surface area (Å²) in [6, 6.07) is 2.12. The monoisotopic (exact) mass is 292 g/mol. The first-order valence-corrected chi connectivity index (χ1v) is 7.93. The molecule has 118 valence electrons. The van der Waals surface area contributed by atoms with E-state index in [9.17, 15) is 4.79 Å². The standard InChI is InChI=1S/C17H28N2O2/c1-5-12(10-18)7-16(20)19-14-8-17(3,4)9-15-13(14)6-11(2)21-15/h6,12,14H,5,7-10,18H2,1-4H3,(H,19,20). The third kappa shape index (κ3) is 3.88. The molecule has 1 amide bonds. The van der Waals surface area contributed by atoms with Crippen LogP contribution in [0.1, 0.15) is 63.2 Å². The van der Waals surface area contributed by atoms with Crippen molar-refractivity contribution in [1.82, 2.24) is 5.32 Å². The summed E-state index contributed by atoms with van der Waals surface area (Å²) in [4.78, 5) is 12.3. The Morgan fingerprint density at radius 3 is 2.90 bits per heavy atom. The zero-order valence-corrected chi connectivity index (χ0v) is 13.7. The van der Waals surface area contributed by atoms with Gasteiger partial charge in [0, 0.05) is 18.4 Å². The van der Waals surface area contributed by atoms with E-state index in [-0.39, 0.29) is 23.3 Å². The number of nitrogens with two attached hydrogens (primary N) is 1. The van der Waals surface area contributed by atoms with Gasteiger partial charge < -0.3 is 15.5 Å². The summed E-state index contributed by atoms with van der Waals surface area (Å²) in [7, 11) is 0. The molecule has 21 heavy (non-hydrogen) atoms. The van der Waals surface area contributed by atoms with Gasteiger partial charge in [-0.2, -0.15) is 0 Å². The summed E-state index contributed by atoms with van der Waals surface area (Å²) in [5, 5.41) is 3.19. The lowest BCUT2D eigenvalue weighted by Crippen LogP contribution is -2.37. The molecule has 1 aromatic rings. The van der Waals surface area contributed by atoms with E-state index in [1.807, 2.05) is 6.92 Å². The lowest BCUT2D eigenvalue weighted by Gasteiger charge is -2.34. The number of hydrogen-bond acceptors (Lipinski definition) is 3. The number of furan rings is 1. The Kier molecular flexibility index (Phi) is 4.77. The van der Waals surface area contributed by atoms with Gasteiger partial charge in [-0.1, -0.05) is 27.2 Å². The Balaban J connectivity index is 2.10. The SMILES string of the molecule is CCC(CN)CC(=O)NC1CC(C)(C)Cc2oc(C)cc21. The Morgan fingerprint density at radius 1 is 1.57 bits per heavy atom. The summed E-state index contributed by atoms with van der Waals surface area (Å²) in [5.74, 6) is 2.32. The normalized spacial score (nSPS) is 21.7. The minimum Gasteiger partial charge on any atom is -0.466 e. The maximum absolute atomic E-state index is 12.3. The third-order valence-electron chi connectivity index (χ3n) is 4.46. The van der Waals surface area contributed by atoms with Crippen LogP contribution in [0.4, 0.5) is 0 Å². The molecule has 3 N–H and O–H groups in total. The number of rotatable bonds is 5. The van der Waals surface area contributed by atoms with Gasteiger partial charge in [-0.05, 0) is 37.3 Å². The van der Waals surface area contributed by atoms with E-state index in [1.54, 1.807) is 0 Å². The topological polar surface area (TPSA) is 68.3 Å². The summed E-state index contributed by atoms with van der Waals surface area (Å²) in [6.07, 6.45) is 3.33. The first-order chi connectivity index (χ1) is 9.84. The molecule has 1 aliphatic carbocycles. The van der Waals surface area contributed by atoms with Gasteiger partial charge in [0.25, 0.3) is 0 Å². The predicted molar refractivity (Wildman–Crippen MR) is 83.9 cm³/mol. The molecule has 0 radical (unpaired) electrons. The molecule has 2 atom stereocenters. The van der Waals surface area contributed by atoms with Crippen molar-refractivity contribution in [3.05, 3.63) is 23.2 Å². The highest BCUT2D eigenvalue weighted by molar-refractivity contribution is 5.76. The van der Waals surface area contributed by atoms with Crippen LogP contribution >= 0.6 is 0 Å². The fraction of sp³-hybridized carbons (Fsp3) is 0.706. The molecular formula is C17H28N2O2. The fourth-order valence-corrected chi connectivity index (χ4v) is 3.22. The highest BCUT2D eigenvalue weighted by Crippen LogP contribution is 2.42. The second kappa shape index (κ2) is 6.22. The molecule has 4 heteroatoms. The van der Waals surface area contributed by atoms with Crippen LogP contribution < -0.4 is 11.1 Å². The maximum atomic E-state index is 12.3. The average Bonchev–Trinajstić information content (AvgIpc) is 2.74. The first-order valence-electron chi connectivity index (χ1n) is 7.93. The largest absolute Gasteiger partial charge is 0.466 e. The van der Waals surface area contributed by atoms with Crippen LogP contribution in [0.15, 0.2) is 10.5 Å². The maximum Gasteiger partial charge on any atom is 0.220 e. The number of carbonyl (C=O) groups is 1. The second-order valence-corrected chi connectivity index (χ2v) is 7.11. The molecule has 0 bridgehead atoms. The van der Waals surface area contributed by atoms with Crippen LogP contribution in [0.3, 0.4) is 0 Å². The minimum atomic E-state index is 0.0592. The highest BCUT2D eigenvalue weighted by Gasteiger charge is 2.35. The lowest BCUT2D eigenvalue weighted by atomic mass is 9.74. The summed E-state index contributed by atoms with van der Waals surface area (Å²) in [5.41, 5.74) is 6.99. The van der Waals surface area contributed by atoms with Crippen molar-refractivity contribution in [1.29, 1.82) is 0 Å². The van der Waals surface area contributed by atoms with E-state index in [2.05, 4.69) is 32.2 Å². The zero-order chi connectivity index (χ0) is 15.6. The number of hydrogen-bond donors (Lipinski definition) is 2. The number of carbonyl (C=O) groups excluding carboxylic acids is 1. The fourth-order valence-electron chi connectivity index (χ4n) is 3.22. The van der Waals surface area contributed by atoms with Gasteiger partial charge in [0.1, 0.15) is 11.5 Å². The Hall–Kier alpha value is -1.29. The van der Waals surface area contributed by atoms with Gasteiger partial charge >= 0.3 is 0 Å². The number of aryl methyl sites for hydroxylation is 1. The van der Waals surface area contributed by atoms with Gasteiger partial charge in [0.2, 0.25) is 5.91 Å². The van der Waals surface area contributed by atoms with E-state index in [0.29, 0.717) is 13.0 Å². The van der Waals surface area contributed by atoms with Crippen LogP contribution in [0.2, 0.25) is 0 Å². The smallest absolute Gasteiger partial charge is 0.220 e. The second-order valence-electron chi connectivity index (χ2n) is 7.11. The summed E-state index contributed by atoms with van der Waals surface area (Å²) < 4.78 is 5.81. The van der Waals surface area contributed by atoms with Crippen LogP contribution in [0.25, 0.3) is 0 Å². The molecule has 1 aromatic heterocycles. The molecule has 1 heterocycles. The van der Waals surface area contributed by atoms with Crippen molar-refractivity contribution in [2.45, 2.75) is 59.4 Å². The number of nitrogens with one attached hydrogen (secondary N) is 1. The molecular weight excluding hydrogens is 264 g/mol. The van der Waals surface area contributed by atoms with Crippen molar-refractivity contribution in [2.75, 3.05) is 6.54 Å². The molecule has 1 aliphatic rings. The average molecular weight is 292 g/mol. The molecule has 0 saturated heterocycles. The molecule has 0 saturated carbocycles. The lowest BCUT2D eigenvalue weighted by molar-refractivity contribution is -0.123. The van der Waals surface area contributed by atoms with Crippen LogP contribution in [-0.2, 0) is 11.2 Å². The van der Waals surface area contributed by atoms with Crippen LogP contribution in [0, 0.1) is 18.3 Å². The Bertz CT molecular complexity index is 501. The molecule has 0 fully saturated rings. The van der Waals surface area contributed by atoms with Crippen molar-refractivity contribution in [3.63, 3.8) is 0 Å². The van der Waals surface area contributed by atoms with E-state index in [1.165, 1.54) is 0 Å². The molecule has 4 nitrogen and oxygen atoms in total. The van der Waals surface area contributed by atoms with Crippen molar-refractivity contribution < 1.29 is 9.21 Å². The first kappa shape index (κ1) is 16.1. The van der Waals surface area contributed by atoms with E-state index < -0.39 is 0 Å². The Labute approximate surface area is 127 Å².